The van der Waals surface area contributed by atoms with Crippen molar-refractivity contribution in [2.75, 3.05) is 0 Å². The lowest BCUT2D eigenvalue weighted by Crippen LogP contribution is -2.43. The lowest BCUT2D eigenvalue weighted by Gasteiger charge is -2.38. The van der Waals surface area contributed by atoms with Gasteiger partial charge in [-0.1, -0.05) is 119 Å². The summed E-state index contributed by atoms with van der Waals surface area (Å²) in [6, 6.07) is 19.3. The Hall–Kier alpha value is -2.90. The van der Waals surface area contributed by atoms with Crippen LogP contribution in [0.5, 0.6) is 0 Å². The second kappa shape index (κ2) is 13.0. The molecule has 240 valence electrons. The van der Waals surface area contributed by atoms with Gasteiger partial charge in [-0.25, -0.2) is 0 Å². The second-order valence-electron chi connectivity index (χ2n) is 15.3. The Bertz CT molecular complexity index is 1860. The SMILES string of the molecule is CC(C)[Si](C#Cc1c2cc3ccccc3cc2c(C#C[Si](C(C)C)(C(C)C)C(C)C)c2cc3sc(F)cc3cc12)(C(C)C)C(C)C. The first-order valence-corrected chi connectivity index (χ1v) is 22.5. The molecule has 0 spiro atoms. The second-order valence-corrected chi connectivity index (χ2v) is 27.5. The Balaban J connectivity index is 2.02. The van der Waals surface area contributed by atoms with Crippen LogP contribution >= 0.6 is 11.3 Å². The Kier molecular flexibility index (Phi) is 9.70. The fourth-order valence-electron chi connectivity index (χ4n) is 8.89. The van der Waals surface area contributed by atoms with Crippen molar-refractivity contribution in [3.05, 3.63) is 70.9 Å². The third-order valence-corrected chi connectivity index (χ3v) is 24.6. The van der Waals surface area contributed by atoms with Gasteiger partial charge in [-0.2, -0.15) is 4.39 Å². The van der Waals surface area contributed by atoms with E-state index in [-0.39, 0.29) is 5.13 Å². The van der Waals surface area contributed by atoms with Crippen molar-refractivity contribution in [3.63, 3.8) is 0 Å². The van der Waals surface area contributed by atoms with Crippen LogP contribution in [0, 0.1) is 28.1 Å². The number of halogens is 1. The van der Waals surface area contributed by atoms with Gasteiger partial charge >= 0.3 is 0 Å². The highest BCUT2D eigenvalue weighted by molar-refractivity contribution is 7.17. The summed E-state index contributed by atoms with van der Waals surface area (Å²) in [5, 5.41) is 7.69. The van der Waals surface area contributed by atoms with Crippen molar-refractivity contribution in [3.8, 4) is 22.9 Å². The van der Waals surface area contributed by atoms with E-state index in [4.69, 9.17) is 0 Å². The predicted octanol–water partition coefficient (Wildman–Crippen LogP) is 13.6. The summed E-state index contributed by atoms with van der Waals surface area (Å²) in [5.74, 6) is 7.78. The number of thiophene rings is 1. The van der Waals surface area contributed by atoms with Crippen LogP contribution in [0.15, 0.2) is 54.6 Å². The predicted molar refractivity (Wildman–Crippen MR) is 210 cm³/mol. The molecule has 46 heavy (non-hydrogen) atoms. The van der Waals surface area contributed by atoms with Gasteiger partial charge in [-0.3, -0.25) is 0 Å². The molecule has 0 N–H and O–H groups in total. The summed E-state index contributed by atoms with van der Waals surface area (Å²) in [7, 11) is -4.04. The molecule has 0 atom stereocenters. The molecule has 1 aromatic heterocycles. The standard InChI is InChI=1S/C42H51FSSi2/c1-26(2)45(27(3)4,28(5)6)19-17-35-37-21-32-15-13-14-16-33(32)22-38(37)36(18-20-46(29(7)8,30(9)10)31(11)12)40-25-41-34(23-39(35)40)24-42(43)44-41/h13-16,21-31H,1-12H3. The van der Waals surface area contributed by atoms with Gasteiger partial charge in [0.1, 0.15) is 16.1 Å². The first kappa shape index (κ1) is 34.4. The molecule has 0 radical (unpaired) electrons. The zero-order chi connectivity index (χ0) is 33.7. The first-order valence-electron chi connectivity index (χ1n) is 17.2. The van der Waals surface area contributed by atoms with Crippen molar-refractivity contribution in [2.45, 2.75) is 116 Å². The number of fused-ring (bicyclic) bond motifs is 4. The molecule has 0 aliphatic carbocycles. The molecule has 5 aromatic rings. The van der Waals surface area contributed by atoms with Gasteiger partial charge in [-0.15, -0.1) is 22.4 Å². The van der Waals surface area contributed by atoms with Gasteiger partial charge < -0.3 is 0 Å². The largest absolute Gasteiger partial charge is 0.195 e. The number of hydrogen-bond donors (Lipinski definition) is 0. The minimum Gasteiger partial charge on any atom is -0.195 e. The Morgan fingerprint density at radius 2 is 0.848 bits per heavy atom. The molecule has 0 unspecified atom stereocenters. The molecular weight excluding hydrogens is 612 g/mol. The zero-order valence-corrected chi connectivity index (χ0v) is 32.8. The van der Waals surface area contributed by atoms with Crippen LogP contribution in [-0.2, 0) is 0 Å². The molecule has 5 rings (SSSR count). The fraction of sp³-hybridized carbons (Fsp3) is 0.429. The number of rotatable bonds is 6. The average Bonchev–Trinajstić information content (AvgIpc) is 3.34. The van der Waals surface area contributed by atoms with Crippen LogP contribution < -0.4 is 0 Å². The maximum atomic E-state index is 14.8. The summed E-state index contributed by atoms with van der Waals surface area (Å²) in [6.45, 7) is 28.4. The van der Waals surface area contributed by atoms with Gasteiger partial charge in [0.25, 0.3) is 0 Å². The molecule has 0 bridgehead atoms. The quantitative estimate of drug-likeness (QED) is 0.0964. The van der Waals surface area contributed by atoms with Gasteiger partial charge in [0.15, 0.2) is 5.13 Å². The molecule has 0 saturated heterocycles. The molecule has 0 saturated carbocycles. The van der Waals surface area contributed by atoms with Crippen LogP contribution in [-0.4, -0.2) is 16.1 Å². The maximum absolute atomic E-state index is 14.8. The monoisotopic (exact) mass is 662 g/mol. The molecule has 4 aromatic carbocycles. The van der Waals surface area contributed by atoms with Crippen LogP contribution in [0.3, 0.4) is 0 Å². The molecule has 0 aliphatic heterocycles. The Labute approximate surface area is 283 Å². The Morgan fingerprint density at radius 3 is 1.22 bits per heavy atom. The summed E-state index contributed by atoms with van der Waals surface area (Å²) in [4.78, 5) is 0. The normalized spacial score (nSPS) is 12.8. The first-order chi connectivity index (χ1) is 21.6. The molecule has 1 heterocycles. The Morgan fingerprint density at radius 1 is 0.500 bits per heavy atom. The summed E-state index contributed by atoms with van der Waals surface area (Å²) in [6.07, 6.45) is 0. The van der Waals surface area contributed by atoms with Gasteiger partial charge in [0.05, 0.1) is 0 Å². The van der Waals surface area contributed by atoms with E-state index in [0.29, 0.717) is 33.2 Å². The minimum atomic E-state index is -2.02. The van der Waals surface area contributed by atoms with Crippen LogP contribution in [0.4, 0.5) is 4.39 Å². The van der Waals surface area contributed by atoms with E-state index in [1.165, 1.54) is 22.1 Å². The highest BCUT2D eigenvalue weighted by Gasteiger charge is 2.43. The number of hydrogen-bond acceptors (Lipinski definition) is 1. The smallest absolute Gasteiger partial charge is 0.177 e. The van der Waals surface area contributed by atoms with Crippen LogP contribution in [0.1, 0.15) is 94.2 Å². The molecule has 0 nitrogen and oxygen atoms in total. The van der Waals surface area contributed by atoms with E-state index in [0.717, 1.165) is 42.8 Å². The third-order valence-electron chi connectivity index (χ3n) is 11.1. The highest BCUT2D eigenvalue weighted by Crippen LogP contribution is 2.44. The number of benzene rings is 4. The van der Waals surface area contributed by atoms with Crippen molar-refractivity contribution in [1.29, 1.82) is 0 Å². The molecular formula is C42H51FSSi2. The van der Waals surface area contributed by atoms with E-state index in [1.54, 1.807) is 6.07 Å². The topological polar surface area (TPSA) is 0 Å². The van der Waals surface area contributed by atoms with E-state index >= 15 is 0 Å². The lowest BCUT2D eigenvalue weighted by molar-refractivity contribution is 0.658. The lowest BCUT2D eigenvalue weighted by atomic mass is 9.90. The van der Waals surface area contributed by atoms with E-state index in [2.05, 4.69) is 155 Å². The van der Waals surface area contributed by atoms with E-state index < -0.39 is 16.1 Å². The maximum Gasteiger partial charge on any atom is 0.177 e. The van der Waals surface area contributed by atoms with E-state index in [1.807, 2.05) is 0 Å². The molecule has 4 heteroatoms. The summed E-state index contributed by atoms with van der Waals surface area (Å²) < 4.78 is 15.7. The highest BCUT2D eigenvalue weighted by atomic mass is 32.1. The van der Waals surface area contributed by atoms with E-state index in [9.17, 15) is 4.39 Å². The van der Waals surface area contributed by atoms with Gasteiger partial charge in [-0.05, 0) is 95.9 Å². The summed E-state index contributed by atoms with van der Waals surface area (Å²) >= 11 is 1.22. The molecule has 0 fully saturated rings. The molecule has 0 amide bonds. The average molecular weight is 663 g/mol. The zero-order valence-electron chi connectivity index (χ0n) is 29.9. The van der Waals surface area contributed by atoms with Crippen molar-refractivity contribution < 1.29 is 4.39 Å². The van der Waals surface area contributed by atoms with Crippen molar-refractivity contribution in [2.24, 2.45) is 0 Å². The fourth-order valence-corrected chi connectivity index (χ4v) is 20.1. The van der Waals surface area contributed by atoms with Crippen molar-refractivity contribution >= 4 is 69.9 Å². The molecule has 0 aliphatic rings. The van der Waals surface area contributed by atoms with Gasteiger partial charge in [0, 0.05) is 21.2 Å². The minimum absolute atomic E-state index is 0.155. The summed E-state index contributed by atoms with van der Waals surface area (Å²) in [5.41, 5.74) is 13.4. The van der Waals surface area contributed by atoms with Crippen LogP contribution in [0.25, 0.3) is 42.4 Å². The van der Waals surface area contributed by atoms with Gasteiger partial charge in [0.2, 0.25) is 0 Å². The third kappa shape index (κ3) is 5.66. The van der Waals surface area contributed by atoms with Crippen LogP contribution in [0.2, 0.25) is 33.2 Å². The van der Waals surface area contributed by atoms with Crippen molar-refractivity contribution in [1.82, 2.24) is 0 Å².